The van der Waals surface area contributed by atoms with E-state index in [1.807, 2.05) is 18.2 Å². The molecule has 1 aromatic carbocycles. The lowest BCUT2D eigenvalue weighted by molar-refractivity contribution is 0.102. The smallest absolute Gasteiger partial charge is 0.328 e. The molecule has 21 heavy (non-hydrogen) atoms. The van der Waals surface area contributed by atoms with E-state index in [1.54, 1.807) is 23.2 Å². The molecule has 0 bridgehead atoms. The third kappa shape index (κ3) is 2.74. The molecule has 1 fully saturated rings. The predicted molar refractivity (Wildman–Crippen MR) is 85.0 cm³/mol. The molecule has 4 nitrogen and oxygen atoms in total. The van der Waals surface area contributed by atoms with Crippen molar-refractivity contribution in [3.8, 4) is 0 Å². The zero-order chi connectivity index (χ0) is 15.0. The van der Waals surface area contributed by atoms with Gasteiger partial charge in [-0.05, 0) is 43.4 Å². The number of benzene rings is 1. The van der Waals surface area contributed by atoms with Gasteiger partial charge in [0, 0.05) is 20.7 Å². The lowest BCUT2D eigenvalue weighted by Gasteiger charge is -2.13. The molecule has 2 heterocycles. The topological polar surface area (TPSA) is 36.2 Å². The molecule has 0 spiro atoms. The van der Waals surface area contributed by atoms with Crippen molar-refractivity contribution in [3.63, 3.8) is 0 Å². The summed E-state index contributed by atoms with van der Waals surface area (Å²) in [5, 5.41) is -0.0334. The number of halogens is 1. The normalized spacial score (nSPS) is 20.2. The quantitative estimate of drug-likeness (QED) is 0.814. The first kappa shape index (κ1) is 14.7. The van der Waals surface area contributed by atoms with E-state index in [1.165, 1.54) is 0 Å². The Kier molecular flexibility index (Phi) is 4.09. The van der Waals surface area contributed by atoms with Gasteiger partial charge in [0.1, 0.15) is 0 Å². The summed E-state index contributed by atoms with van der Waals surface area (Å²) < 4.78 is 8.97. The molecule has 114 valence electrons. The van der Waals surface area contributed by atoms with Gasteiger partial charge in [-0.3, -0.25) is 9.13 Å². The van der Waals surface area contributed by atoms with E-state index in [0.29, 0.717) is 6.10 Å². The molecule has 0 radical (unpaired) electrons. The molecule has 0 amide bonds. The van der Waals surface area contributed by atoms with Gasteiger partial charge >= 0.3 is 5.69 Å². The first-order valence-corrected chi connectivity index (χ1v) is 7.92. The van der Waals surface area contributed by atoms with E-state index in [9.17, 15) is 4.79 Å². The fourth-order valence-corrected chi connectivity index (χ4v) is 3.35. The van der Waals surface area contributed by atoms with Crippen molar-refractivity contribution < 1.29 is 4.74 Å². The zero-order valence-electron chi connectivity index (χ0n) is 12.5. The highest BCUT2D eigenvalue weighted by molar-refractivity contribution is 6.20. The maximum absolute atomic E-state index is 11.9. The first-order valence-electron chi connectivity index (χ1n) is 7.49. The largest absolute Gasteiger partial charge is 0.378 e. The monoisotopic (exact) mass is 308 g/mol. The second kappa shape index (κ2) is 5.85. The zero-order valence-corrected chi connectivity index (χ0v) is 13.3. The Balaban J connectivity index is 1.79. The molecular weight excluding hydrogens is 288 g/mol. The lowest BCUT2D eigenvalue weighted by Crippen LogP contribution is -2.19. The second-order valence-electron chi connectivity index (χ2n) is 5.83. The predicted octanol–water partition coefficient (Wildman–Crippen LogP) is 3.12. The summed E-state index contributed by atoms with van der Waals surface area (Å²) in [7, 11) is 3.59. The molecular formula is C16H21ClN2O2. The molecule has 5 heteroatoms. The van der Waals surface area contributed by atoms with Gasteiger partial charge in [0.25, 0.3) is 0 Å². The molecule has 1 aliphatic rings. The van der Waals surface area contributed by atoms with E-state index in [2.05, 4.69) is 0 Å². The molecule has 1 aliphatic heterocycles. The molecule has 1 aromatic heterocycles. The maximum Gasteiger partial charge on any atom is 0.328 e. The van der Waals surface area contributed by atoms with Gasteiger partial charge in [-0.15, -0.1) is 11.6 Å². The summed E-state index contributed by atoms with van der Waals surface area (Å²) in [6.07, 6.45) is 4.58. The Hall–Kier alpha value is -1.26. The maximum atomic E-state index is 11.9. The number of imidazole rings is 1. The third-order valence-corrected chi connectivity index (χ3v) is 4.89. The summed E-state index contributed by atoms with van der Waals surface area (Å²) >= 11 is 6.53. The van der Waals surface area contributed by atoms with E-state index >= 15 is 0 Å². The van der Waals surface area contributed by atoms with Crippen LogP contribution in [0, 0.1) is 0 Å². The molecule has 2 aromatic rings. The van der Waals surface area contributed by atoms with Gasteiger partial charge < -0.3 is 4.74 Å². The summed E-state index contributed by atoms with van der Waals surface area (Å²) in [5.74, 6) is 0. The molecule has 2 atom stereocenters. The number of nitrogens with zero attached hydrogens (tertiary/aromatic N) is 2. The molecule has 3 rings (SSSR count). The van der Waals surface area contributed by atoms with Crippen LogP contribution in [0.3, 0.4) is 0 Å². The fraction of sp³-hybridized carbons (Fsp3) is 0.562. The van der Waals surface area contributed by atoms with Crippen molar-refractivity contribution in [2.75, 3.05) is 6.61 Å². The van der Waals surface area contributed by atoms with E-state index in [0.717, 1.165) is 48.9 Å². The molecule has 0 saturated carbocycles. The molecule has 2 unspecified atom stereocenters. The van der Waals surface area contributed by atoms with Gasteiger partial charge in [-0.25, -0.2) is 4.79 Å². The van der Waals surface area contributed by atoms with Crippen molar-refractivity contribution >= 4 is 22.6 Å². The number of fused-ring (bicyclic) bond motifs is 1. The van der Waals surface area contributed by atoms with Crippen LogP contribution in [-0.4, -0.2) is 21.8 Å². The summed E-state index contributed by atoms with van der Waals surface area (Å²) in [5.41, 5.74) is 2.94. The second-order valence-corrected chi connectivity index (χ2v) is 6.36. The van der Waals surface area contributed by atoms with Crippen LogP contribution < -0.4 is 5.69 Å². The average molecular weight is 309 g/mol. The van der Waals surface area contributed by atoms with Crippen LogP contribution in [0.5, 0.6) is 0 Å². The Morgan fingerprint density at radius 3 is 2.81 bits per heavy atom. The third-order valence-electron chi connectivity index (χ3n) is 4.42. The van der Waals surface area contributed by atoms with Gasteiger partial charge in [0.2, 0.25) is 0 Å². The average Bonchev–Trinajstić information content (AvgIpc) is 3.09. The van der Waals surface area contributed by atoms with Crippen LogP contribution in [0.2, 0.25) is 0 Å². The summed E-state index contributed by atoms with van der Waals surface area (Å²) in [6.45, 7) is 0.885. The van der Waals surface area contributed by atoms with Gasteiger partial charge in [0.15, 0.2) is 0 Å². The number of aromatic nitrogens is 2. The number of rotatable bonds is 4. The SMILES string of the molecule is Cn1c(=O)n(C)c2cc(C(Cl)CCC3CCCO3)ccc21. The van der Waals surface area contributed by atoms with Crippen molar-refractivity contribution in [2.45, 2.75) is 37.2 Å². The number of hydrogen-bond acceptors (Lipinski definition) is 2. The highest BCUT2D eigenvalue weighted by Gasteiger charge is 2.18. The van der Waals surface area contributed by atoms with Crippen LogP contribution in [0.25, 0.3) is 11.0 Å². The Labute approximate surface area is 129 Å². The van der Waals surface area contributed by atoms with E-state index < -0.39 is 0 Å². The van der Waals surface area contributed by atoms with Gasteiger partial charge in [-0.1, -0.05) is 6.07 Å². The minimum Gasteiger partial charge on any atom is -0.378 e. The summed E-state index contributed by atoms with van der Waals surface area (Å²) in [4.78, 5) is 11.9. The minimum absolute atomic E-state index is 0.00683. The van der Waals surface area contributed by atoms with E-state index in [-0.39, 0.29) is 11.1 Å². The number of hydrogen-bond donors (Lipinski definition) is 0. The Bertz CT molecular complexity index is 698. The van der Waals surface area contributed by atoms with Crippen LogP contribution in [0.4, 0.5) is 0 Å². The van der Waals surface area contributed by atoms with Crippen LogP contribution in [0.1, 0.15) is 36.6 Å². The molecule has 0 aliphatic carbocycles. The number of alkyl halides is 1. The minimum atomic E-state index is -0.0334. The van der Waals surface area contributed by atoms with Crippen molar-refractivity contribution in [1.29, 1.82) is 0 Å². The van der Waals surface area contributed by atoms with Gasteiger partial charge in [0.05, 0.1) is 22.5 Å². The lowest BCUT2D eigenvalue weighted by atomic mass is 10.0. The number of ether oxygens (including phenoxy) is 1. The standard InChI is InChI=1S/C16H21ClN2O2/c1-18-14-8-5-11(10-15(14)19(2)16(18)20)13(17)7-6-12-4-3-9-21-12/h5,8,10,12-13H,3-4,6-7,9H2,1-2H3. The van der Waals surface area contributed by atoms with Gasteiger partial charge in [-0.2, -0.15) is 0 Å². The Morgan fingerprint density at radius 1 is 1.33 bits per heavy atom. The van der Waals surface area contributed by atoms with Crippen molar-refractivity contribution in [3.05, 3.63) is 34.2 Å². The Morgan fingerprint density at radius 2 is 2.10 bits per heavy atom. The van der Waals surface area contributed by atoms with Crippen LogP contribution in [0.15, 0.2) is 23.0 Å². The molecule has 0 N–H and O–H groups in total. The molecule has 1 saturated heterocycles. The van der Waals surface area contributed by atoms with Crippen molar-refractivity contribution in [2.24, 2.45) is 14.1 Å². The fourth-order valence-electron chi connectivity index (χ4n) is 3.09. The van der Waals surface area contributed by atoms with Crippen LogP contribution >= 0.6 is 11.6 Å². The first-order chi connectivity index (χ1) is 10.1. The van der Waals surface area contributed by atoms with E-state index in [4.69, 9.17) is 16.3 Å². The highest BCUT2D eigenvalue weighted by atomic mass is 35.5. The van der Waals surface area contributed by atoms with Crippen LogP contribution in [-0.2, 0) is 18.8 Å². The number of aryl methyl sites for hydroxylation is 2. The summed E-state index contributed by atoms with van der Waals surface area (Å²) in [6, 6.07) is 6.03. The highest BCUT2D eigenvalue weighted by Crippen LogP contribution is 2.30. The van der Waals surface area contributed by atoms with Crippen molar-refractivity contribution in [1.82, 2.24) is 9.13 Å².